The van der Waals surface area contributed by atoms with Crippen LogP contribution in [0.5, 0.6) is 0 Å². The molecule has 0 bridgehead atoms. The number of piperidine rings is 1. The Morgan fingerprint density at radius 3 is 2.44 bits per heavy atom. The molecule has 4 rings (SSSR count). The molecule has 0 aliphatic carbocycles. The van der Waals surface area contributed by atoms with Gasteiger partial charge >= 0.3 is 0 Å². The number of aromatic nitrogens is 1. The molecule has 2 aromatic rings. The van der Waals surface area contributed by atoms with Gasteiger partial charge in [-0.1, -0.05) is 29.8 Å². The Morgan fingerprint density at radius 1 is 1.09 bits per heavy atom. The summed E-state index contributed by atoms with van der Waals surface area (Å²) in [5.74, 6) is 1.99. The molecule has 2 aliphatic rings. The van der Waals surface area contributed by atoms with Crippen LogP contribution in [0.2, 0.25) is 0 Å². The minimum absolute atomic E-state index is 0.206. The number of oxazole rings is 1. The molecule has 1 amide bonds. The molecule has 2 fully saturated rings. The maximum absolute atomic E-state index is 12.8. The van der Waals surface area contributed by atoms with Crippen molar-refractivity contribution in [1.29, 1.82) is 5.26 Å². The number of hydrogen-bond donors (Lipinski definition) is 0. The SMILES string of the molecule is Cc1ccc(CCC2CCN(CC(=O)N3CCN(c4oc(C)nc4C#N)CC3)CC2)cc1. The predicted octanol–water partition coefficient (Wildman–Crippen LogP) is 3.16. The summed E-state index contributed by atoms with van der Waals surface area (Å²) in [6.07, 6.45) is 4.73. The lowest BCUT2D eigenvalue weighted by molar-refractivity contribution is -0.133. The van der Waals surface area contributed by atoms with E-state index < -0.39 is 0 Å². The molecule has 0 radical (unpaired) electrons. The summed E-state index contributed by atoms with van der Waals surface area (Å²) in [6.45, 7) is 9.02. The van der Waals surface area contributed by atoms with Gasteiger partial charge in [0.05, 0.1) is 6.54 Å². The fourth-order valence-corrected chi connectivity index (χ4v) is 4.71. The third-order valence-electron chi connectivity index (χ3n) is 6.77. The number of anilines is 1. The highest BCUT2D eigenvalue weighted by molar-refractivity contribution is 5.78. The molecule has 2 saturated heterocycles. The monoisotopic (exact) mass is 435 g/mol. The largest absolute Gasteiger partial charge is 0.424 e. The second-order valence-electron chi connectivity index (χ2n) is 9.11. The van der Waals surface area contributed by atoms with E-state index >= 15 is 0 Å². The zero-order chi connectivity index (χ0) is 22.5. The van der Waals surface area contributed by atoms with Gasteiger partial charge < -0.3 is 14.2 Å². The molecule has 2 aliphatic heterocycles. The molecule has 0 spiro atoms. The Morgan fingerprint density at radius 2 is 1.78 bits per heavy atom. The quantitative estimate of drug-likeness (QED) is 0.694. The van der Waals surface area contributed by atoms with Crippen LogP contribution < -0.4 is 4.90 Å². The van der Waals surface area contributed by atoms with E-state index in [0.29, 0.717) is 50.2 Å². The Balaban J connectivity index is 1.18. The van der Waals surface area contributed by atoms with Crippen molar-refractivity contribution in [2.45, 2.75) is 39.5 Å². The number of amides is 1. The number of carbonyl (C=O) groups excluding carboxylic acids is 1. The van der Waals surface area contributed by atoms with Gasteiger partial charge in [-0.15, -0.1) is 0 Å². The summed E-state index contributed by atoms with van der Waals surface area (Å²) >= 11 is 0. The van der Waals surface area contributed by atoms with Crippen molar-refractivity contribution in [3.8, 4) is 6.07 Å². The molecule has 0 unspecified atom stereocenters. The van der Waals surface area contributed by atoms with Crippen molar-refractivity contribution in [3.05, 3.63) is 47.0 Å². The van der Waals surface area contributed by atoms with E-state index in [2.05, 4.69) is 47.1 Å². The van der Waals surface area contributed by atoms with Gasteiger partial charge in [0.15, 0.2) is 5.89 Å². The summed E-state index contributed by atoms with van der Waals surface area (Å²) < 4.78 is 5.61. The number of nitrogens with zero attached hydrogens (tertiary/aromatic N) is 5. The number of piperazine rings is 1. The molecule has 1 aromatic carbocycles. The lowest BCUT2D eigenvalue weighted by atomic mass is 9.90. The molecular weight excluding hydrogens is 402 g/mol. The normalized spacial score (nSPS) is 18.0. The molecule has 0 saturated carbocycles. The zero-order valence-corrected chi connectivity index (χ0v) is 19.2. The molecule has 1 aromatic heterocycles. The Hall–Kier alpha value is -2.85. The first-order valence-electron chi connectivity index (χ1n) is 11.7. The first-order valence-corrected chi connectivity index (χ1v) is 11.7. The second kappa shape index (κ2) is 10.2. The second-order valence-corrected chi connectivity index (χ2v) is 9.11. The van der Waals surface area contributed by atoms with Crippen molar-refractivity contribution in [3.63, 3.8) is 0 Å². The average molecular weight is 436 g/mol. The summed E-state index contributed by atoms with van der Waals surface area (Å²) in [6, 6.07) is 11.0. The predicted molar refractivity (Wildman–Crippen MR) is 123 cm³/mol. The van der Waals surface area contributed by atoms with Crippen molar-refractivity contribution in [2.75, 3.05) is 50.7 Å². The van der Waals surface area contributed by atoms with Crippen molar-refractivity contribution in [1.82, 2.24) is 14.8 Å². The summed E-state index contributed by atoms with van der Waals surface area (Å²) in [4.78, 5) is 23.2. The Bertz CT molecular complexity index is 946. The van der Waals surface area contributed by atoms with Gasteiger partial charge in [-0.05, 0) is 57.2 Å². The van der Waals surface area contributed by atoms with E-state index in [-0.39, 0.29) is 5.91 Å². The van der Waals surface area contributed by atoms with E-state index in [4.69, 9.17) is 4.42 Å². The smallest absolute Gasteiger partial charge is 0.236 e. The van der Waals surface area contributed by atoms with E-state index in [1.54, 1.807) is 6.92 Å². The number of aryl methyl sites for hydroxylation is 3. The lowest BCUT2D eigenvalue weighted by Crippen LogP contribution is -2.52. The van der Waals surface area contributed by atoms with Gasteiger partial charge in [0.25, 0.3) is 0 Å². The minimum atomic E-state index is 0.206. The fraction of sp³-hybridized carbons (Fsp3) is 0.560. The molecule has 7 nitrogen and oxygen atoms in total. The third-order valence-corrected chi connectivity index (χ3v) is 6.77. The van der Waals surface area contributed by atoms with Gasteiger partial charge in [0.1, 0.15) is 6.07 Å². The van der Waals surface area contributed by atoms with Crippen molar-refractivity contribution in [2.24, 2.45) is 5.92 Å². The molecule has 0 N–H and O–H groups in total. The number of carbonyl (C=O) groups is 1. The number of benzene rings is 1. The number of nitriles is 1. The highest BCUT2D eigenvalue weighted by Crippen LogP contribution is 2.24. The highest BCUT2D eigenvalue weighted by atomic mass is 16.4. The summed E-state index contributed by atoms with van der Waals surface area (Å²) in [5, 5.41) is 9.24. The van der Waals surface area contributed by atoms with Crippen LogP contribution in [0.4, 0.5) is 5.88 Å². The molecule has 170 valence electrons. The number of rotatable bonds is 6. The van der Waals surface area contributed by atoms with Crippen molar-refractivity contribution < 1.29 is 9.21 Å². The molecular formula is C25H33N5O2. The van der Waals surface area contributed by atoms with Crippen LogP contribution in [0.1, 0.15) is 42.0 Å². The summed E-state index contributed by atoms with van der Waals surface area (Å²) in [5.41, 5.74) is 3.07. The van der Waals surface area contributed by atoms with Gasteiger partial charge in [0, 0.05) is 33.1 Å². The van der Waals surface area contributed by atoms with Crippen LogP contribution in [0.15, 0.2) is 28.7 Å². The van der Waals surface area contributed by atoms with E-state index in [1.165, 1.54) is 30.4 Å². The summed E-state index contributed by atoms with van der Waals surface area (Å²) in [7, 11) is 0. The minimum Gasteiger partial charge on any atom is -0.424 e. The van der Waals surface area contributed by atoms with Gasteiger partial charge in [-0.3, -0.25) is 9.69 Å². The van der Waals surface area contributed by atoms with E-state index in [9.17, 15) is 10.1 Å². The van der Waals surface area contributed by atoms with E-state index in [1.807, 2.05) is 9.80 Å². The number of hydrogen-bond acceptors (Lipinski definition) is 6. The van der Waals surface area contributed by atoms with Gasteiger partial charge in [-0.2, -0.15) is 5.26 Å². The molecule has 32 heavy (non-hydrogen) atoms. The van der Waals surface area contributed by atoms with E-state index in [0.717, 1.165) is 25.4 Å². The van der Waals surface area contributed by atoms with Crippen LogP contribution in [0.25, 0.3) is 0 Å². The van der Waals surface area contributed by atoms with Crippen LogP contribution in [-0.4, -0.2) is 66.5 Å². The average Bonchev–Trinajstić information content (AvgIpc) is 3.20. The molecule has 3 heterocycles. The first kappa shape index (κ1) is 22.3. The maximum Gasteiger partial charge on any atom is 0.236 e. The maximum atomic E-state index is 12.8. The van der Waals surface area contributed by atoms with Crippen LogP contribution in [0, 0.1) is 31.1 Å². The van der Waals surface area contributed by atoms with Crippen LogP contribution >= 0.6 is 0 Å². The highest BCUT2D eigenvalue weighted by Gasteiger charge is 2.27. The molecule has 7 heteroatoms. The van der Waals surface area contributed by atoms with Crippen molar-refractivity contribution >= 4 is 11.8 Å². The third kappa shape index (κ3) is 5.49. The van der Waals surface area contributed by atoms with Crippen LogP contribution in [0.3, 0.4) is 0 Å². The lowest BCUT2D eigenvalue weighted by Gasteiger charge is -2.37. The first-order chi connectivity index (χ1) is 15.5. The van der Waals surface area contributed by atoms with Crippen LogP contribution in [-0.2, 0) is 11.2 Å². The Labute approximate surface area is 190 Å². The molecule has 0 atom stereocenters. The van der Waals surface area contributed by atoms with Gasteiger partial charge in [0.2, 0.25) is 17.5 Å². The van der Waals surface area contributed by atoms with Gasteiger partial charge in [-0.25, -0.2) is 4.98 Å². The zero-order valence-electron chi connectivity index (χ0n) is 19.2. The Kier molecular flexibility index (Phi) is 7.11. The topological polar surface area (TPSA) is 76.6 Å². The fourth-order valence-electron chi connectivity index (χ4n) is 4.71. The number of likely N-dealkylation sites (tertiary alicyclic amines) is 1. The standard InChI is InChI=1S/C25H33N5O2/c1-19-3-5-21(6-4-19)7-8-22-9-11-28(12-10-22)18-24(31)29-13-15-30(16-14-29)25-23(17-26)27-20(2)32-25/h3-6,22H,7-16,18H2,1-2H3.